The Hall–Kier alpha value is -0.860. The fraction of sp³-hybridized carbons (Fsp3) is 0.667. The van der Waals surface area contributed by atoms with Gasteiger partial charge in [-0.05, 0) is 68.8 Å². The van der Waals surface area contributed by atoms with E-state index in [1.54, 1.807) is 0 Å². The van der Waals surface area contributed by atoms with Gasteiger partial charge in [-0.15, -0.1) is 0 Å². The zero-order valence-corrected chi connectivity index (χ0v) is 13.3. The molecule has 1 aromatic carbocycles. The molecule has 2 saturated heterocycles. The van der Waals surface area contributed by atoms with Crippen LogP contribution in [0.1, 0.15) is 43.0 Å². The Morgan fingerprint density at radius 1 is 1.25 bits per heavy atom. The summed E-state index contributed by atoms with van der Waals surface area (Å²) in [4.78, 5) is 2.76. The number of fused-ring (bicyclic) bond motifs is 1. The molecule has 0 bridgehead atoms. The van der Waals surface area contributed by atoms with Gasteiger partial charge in [-0.1, -0.05) is 25.1 Å². The Morgan fingerprint density at radius 3 is 2.75 bits per heavy atom. The molecule has 3 rings (SSSR count). The molecule has 0 aliphatic carbocycles. The number of rotatable bonds is 3. The first kappa shape index (κ1) is 14.1. The zero-order valence-electron chi connectivity index (χ0n) is 13.3. The summed E-state index contributed by atoms with van der Waals surface area (Å²) < 4.78 is 0. The Balaban J connectivity index is 1.82. The quantitative estimate of drug-likeness (QED) is 0.908. The number of nitrogens with one attached hydrogen (secondary N) is 1. The lowest BCUT2D eigenvalue weighted by molar-refractivity contribution is 0.165. The van der Waals surface area contributed by atoms with Crippen molar-refractivity contribution in [1.29, 1.82) is 0 Å². The lowest BCUT2D eigenvalue weighted by atomic mass is 9.92. The predicted molar refractivity (Wildman–Crippen MR) is 85.0 cm³/mol. The molecule has 2 fully saturated rings. The highest BCUT2D eigenvalue weighted by molar-refractivity contribution is 5.31. The first-order chi connectivity index (χ1) is 9.61. The van der Waals surface area contributed by atoms with Gasteiger partial charge in [0.1, 0.15) is 0 Å². The van der Waals surface area contributed by atoms with Crippen molar-refractivity contribution >= 4 is 0 Å². The van der Waals surface area contributed by atoms with E-state index in [2.05, 4.69) is 56.1 Å². The van der Waals surface area contributed by atoms with Gasteiger partial charge < -0.3 is 5.32 Å². The molecule has 0 saturated carbocycles. The van der Waals surface area contributed by atoms with Gasteiger partial charge in [-0.2, -0.15) is 0 Å². The summed E-state index contributed by atoms with van der Waals surface area (Å²) in [6.07, 6.45) is 1.28. The second-order valence-electron chi connectivity index (χ2n) is 6.77. The summed E-state index contributed by atoms with van der Waals surface area (Å²) in [5.41, 5.74) is 4.30. The van der Waals surface area contributed by atoms with Crippen LogP contribution in [0.25, 0.3) is 0 Å². The summed E-state index contributed by atoms with van der Waals surface area (Å²) in [6.45, 7) is 12.9. The average Bonchev–Trinajstić information content (AvgIpc) is 3.01. The lowest BCUT2D eigenvalue weighted by Gasteiger charge is -2.33. The number of hydrogen-bond acceptors (Lipinski definition) is 2. The minimum atomic E-state index is 0.546. The van der Waals surface area contributed by atoms with Crippen LogP contribution in [0.2, 0.25) is 0 Å². The van der Waals surface area contributed by atoms with Gasteiger partial charge >= 0.3 is 0 Å². The zero-order chi connectivity index (χ0) is 14.3. The van der Waals surface area contributed by atoms with Gasteiger partial charge in [-0.3, -0.25) is 4.90 Å². The van der Waals surface area contributed by atoms with Crippen LogP contribution in [0, 0.1) is 25.7 Å². The number of benzene rings is 1. The standard InChI is InChI=1S/C18H28N2/c1-5-18-17-10-19-9-16(17)11-20(18)14(4)15-7-6-12(2)13(3)8-15/h6-8,14,16-19H,5,9-11H2,1-4H3. The monoisotopic (exact) mass is 272 g/mol. The van der Waals surface area contributed by atoms with E-state index in [1.807, 2.05) is 0 Å². The first-order valence-electron chi connectivity index (χ1n) is 8.15. The Labute approximate surface area is 123 Å². The highest BCUT2D eigenvalue weighted by Crippen LogP contribution is 2.39. The molecule has 2 aliphatic heterocycles. The van der Waals surface area contributed by atoms with Crippen LogP contribution in [0.15, 0.2) is 18.2 Å². The third-order valence-corrected chi connectivity index (χ3v) is 5.69. The van der Waals surface area contributed by atoms with E-state index in [4.69, 9.17) is 0 Å². The maximum atomic E-state index is 3.58. The molecule has 110 valence electrons. The molecule has 4 unspecified atom stereocenters. The van der Waals surface area contributed by atoms with E-state index in [0.29, 0.717) is 6.04 Å². The largest absolute Gasteiger partial charge is 0.316 e. The van der Waals surface area contributed by atoms with Gasteiger partial charge in [0, 0.05) is 18.6 Å². The molecule has 2 heterocycles. The minimum absolute atomic E-state index is 0.546. The third kappa shape index (κ3) is 2.29. The third-order valence-electron chi connectivity index (χ3n) is 5.69. The van der Waals surface area contributed by atoms with Crippen LogP contribution in [-0.2, 0) is 0 Å². The average molecular weight is 272 g/mol. The molecule has 0 aromatic heterocycles. The molecule has 2 aliphatic rings. The van der Waals surface area contributed by atoms with Crippen molar-refractivity contribution in [2.45, 2.75) is 46.2 Å². The maximum absolute atomic E-state index is 3.58. The SMILES string of the molecule is CCC1C2CNCC2CN1C(C)c1ccc(C)c(C)c1. The molecule has 20 heavy (non-hydrogen) atoms. The van der Waals surface area contributed by atoms with Gasteiger partial charge in [0.25, 0.3) is 0 Å². The molecular formula is C18H28N2. The maximum Gasteiger partial charge on any atom is 0.0323 e. The first-order valence-corrected chi connectivity index (χ1v) is 8.15. The van der Waals surface area contributed by atoms with Crippen LogP contribution < -0.4 is 5.32 Å². The van der Waals surface area contributed by atoms with Gasteiger partial charge in [-0.25, -0.2) is 0 Å². The molecule has 0 spiro atoms. The summed E-state index contributed by atoms with van der Waals surface area (Å²) in [5.74, 6) is 1.74. The number of aryl methyl sites for hydroxylation is 2. The van der Waals surface area contributed by atoms with E-state index >= 15 is 0 Å². The van der Waals surface area contributed by atoms with Crippen molar-refractivity contribution in [1.82, 2.24) is 10.2 Å². The number of likely N-dealkylation sites (tertiary alicyclic amines) is 1. The minimum Gasteiger partial charge on any atom is -0.316 e. The van der Waals surface area contributed by atoms with E-state index < -0.39 is 0 Å². The molecule has 0 amide bonds. The van der Waals surface area contributed by atoms with Crippen LogP contribution >= 0.6 is 0 Å². The van der Waals surface area contributed by atoms with E-state index in [-0.39, 0.29) is 0 Å². The second kappa shape index (κ2) is 5.50. The van der Waals surface area contributed by atoms with E-state index in [9.17, 15) is 0 Å². The van der Waals surface area contributed by atoms with Crippen LogP contribution in [-0.4, -0.2) is 30.6 Å². The summed E-state index contributed by atoms with van der Waals surface area (Å²) in [6, 6.07) is 8.29. The number of hydrogen-bond donors (Lipinski definition) is 1. The molecule has 2 nitrogen and oxygen atoms in total. The van der Waals surface area contributed by atoms with Crippen LogP contribution in [0.4, 0.5) is 0 Å². The molecule has 4 atom stereocenters. The summed E-state index contributed by atoms with van der Waals surface area (Å²) >= 11 is 0. The normalized spacial score (nSPS) is 31.5. The molecule has 1 aromatic rings. The van der Waals surface area contributed by atoms with Crippen molar-refractivity contribution in [3.8, 4) is 0 Å². The summed E-state index contributed by atoms with van der Waals surface area (Å²) in [7, 11) is 0. The van der Waals surface area contributed by atoms with Crippen molar-refractivity contribution in [3.63, 3.8) is 0 Å². The second-order valence-corrected chi connectivity index (χ2v) is 6.77. The van der Waals surface area contributed by atoms with Crippen LogP contribution in [0.5, 0.6) is 0 Å². The Kier molecular flexibility index (Phi) is 3.87. The van der Waals surface area contributed by atoms with Crippen molar-refractivity contribution < 1.29 is 0 Å². The van der Waals surface area contributed by atoms with E-state index in [1.165, 1.54) is 42.7 Å². The van der Waals surface area contributed by atoms with Gasteiger partial charge in [0.05, 0.1) is 0 Å². The van der Waals surface area contributed by atoms with Crippen molar-refractivity contribution in [3.05, 3.63) is 34.9 Å². The Morgan fingerprint density at radius 2 is 2.05 bits per heavy atom. The van der Waals surface area contributed by atoms with Gasteiger partial charge in [0.2, 0.25) is 0 Å². The Bertz CT molecular complexity index is 482. The lowest BCUT2D eigenvalue weighted by Crippen LogP contribution is -2.36. The van der Waals surface area contributed by atoms with Crippen molar-refractivity contribution in [2.24, 2.45) is 11.8 Å². The highest BCUT2D eigenvalue weighted by atomic mass is 15.2. The molecule has 0 radical (unpaired) electrons. The summed E-state index contributed by atoms with van der Waals surface area (Å²) in [5, 5.41) is 3.58. The highest BCUT2D eigenvalue weighted by Gasteiger charge is 2.44. The topological polar surface area (TPSA) is 15.3 Å². The molecular weight excluding hydrogens is 244 g/mol. The van der Waals surface area contributed by atoms with Gasteiger partial charge in [0.15, 0.2) is 0 Å². The smallest absolute Gasteiger partial charge is 0.0323 e. The number of nitrogens with zero attached hydrogens (tertiary/aromatic N) is 1. The molecule has 1 N–H and O–H groups in total. The molecule has 2 heteroatoms. The van der Waals surface area contributed by atoms with Crippen molar-refractivity contribution in [2.75, 3.05) is 19.6 Å². The predicted octanol–water partition coefficient (Wildman–Crippen LogP) is 3.29. The van der Waals surface area contributed by atoms with Crippen LogP contribution in [0.3, 0.4) is 0 Å². The fourth-order valence-electron chi connectivity index (χ4n) is 4.25. The fourth-order valence-corrected chi connectivity index (χ4v) is 4.25. The van der Waals surface area contributed by atoms with E-state index in [0.717, 1.165) is 17.9 Å².